The molecule has 0 fully saturated rings. The number of hydrogen-bond donors (Lipinski definition) is 2. The summed E-state index contributed by atoms with van der Waals surface area (Å²) in [6.07, 6.45) is 0. The molecular weight excluding hydrogens is 264 g/mol. The summed E-state index contributed by atoms with van der Waals surface area (Å²) in [6, 6.07) is 0. The molecule has 0 atom stereocenters. The molecule has 0 saturated heterocycles. The van der Waals surface area contributed by atoms with Crippen LogP contribution in [0.1, 0.15) is 0 Å². The van der Waals surface area contributed by atoms with Crippen LogP contribution in [0.15, 0.2) is 0 Å². The molecule has 0 rings (SSSR count). The summed E-state index contributed by atoms with van der Waals surface area (Å²) < 4.78 is 20.8. The summed E-state index contributed by atoms with van der Waals surface area (Å²) in [7, 11) is 0. The first-order chi connectivity index (χ1) is 9.91. The molecule has 2 N–H and O–H groups in total. The predicted octanol–water partition coefficient (Wildman–Crippen LogP) is -0.956. The molecular formula is C14H22O6. The summed E-state index contributed by atoms with van der Waals surface area (Å²) in [4.78, 5) is 0. The third-order valence-corrected chi connectivity index (χ3v) is 1.87. The third kappa shape index (κ3) is 16.9. The van der Waals surface area contributed by atoms with Gasteiger partial charge in [-0.2, -0.15) is 0 Å². The molecule has 0 aromatic carbocycles. The first-order valence-corrected chi connectivity index (χ1v) is 6.36. The quantitative estimate of drug-likeness (QED) is 0.376. The van der Waals surface area contributed by atoms with Crippen LogP contribution in [0.4, 0.5) is 0 Å². The van der Waals surface area contributed by atoms with E-state index in [9.17, 15) is 0 Å². The summed E-state index contributed by atoms with van der Waals surface area (Å²) in [5, 5.41) is 16.8. The van der Waals surface area contributed by atoms with E-state index in [-0.39, 0.29) is 13.2 Å². The number of aliphatic hydroxyl groups is 2. The van der Waals surface area contributed by atoms with Crippen molar-refractivity contribution in [2.45, 2.75) is 0 Å². The Labute approximate surface area is 120 Å². The lowest BCUT2D eigenvalue weighted by Gasteiger charge is -2.05. The van der Waals surface area contributed by atoms with Crippen molar-refractivity contribution < 1.29 is 29.2 Å². The average Bonchev–Trinajstić information content (AvgIpc) is 2.47. The second-order valence-electron chi connectivity index (χ2n) is 3.35. The molecule has 0 aliphatic carbocycles. The van der Waals surface area contributed by atoms with Gasteiger partial charge in [-0.15, -0.1) is 0 Å². The van der Waals surface area contributed by atoms with Crippen molar-refractivity contribution in [3.8, 4) is 23.7 Å². The zero-order valence-electron chi connectivity index (χ0n) is 11.6. The van der Waals surface area contributed by atoms with Crippen molar-refractivity contribution in [2.24, 2.45) is 0 Å². The number of hydrogen-bond acceptors (Lipinski definition) is 6. The van der Waals surface area contributed by atoms with E-state index < -0.39 is 0 Å². The van der Waals surface area contributed by atoms with E-state index in [4.69, 9.17) is 29.2 Å². The molecule has 0 heterocycles. The van der Waals surface area contributed by atoms with Crippen molar-refractivity contribution in [2.75, 3.05) is 66.1 Å². The molecule has 0 aromatic heterocycles. The van der Waals surface area contributed by atoms with E-state index in [0.717, 1.165) is 0 Å². The Kier molecular flexibility index (Phi) is 16.9. The van der Waals surface area contributed by atoms with Gasteiger partial charge in [-0.1, -0.05) is 23.7 Å². The second-order valence-corrected chi connectivity index (χ2v) is 3.35. The number of ether oxygens (including phenoxy) is 4. The summed E-state index contributed by atoms with van der Waals surface area (Å²) in [5.74, 6) is 10.2. The highest BCUT2D eigenvalue weighted by Gasteiger charge is 1.91. The minimum absolute atomic E-state index is 0.144. The van der Waals surface area contributed by atoms with E-state index in [1.54, 1.807) is 0 Å². The predicted molar refractivity (Wildman–Crippen MR) is 73.0 cm³/mol. The highest BCUT2D eigenvalue weighted by atomic mass is 16.6. The van der Waals surface area contributed by atoms with Crippen LogP contribution in [0.2, 0.25) is 0 Å². The average molecular weight is 286 g/mol. The molecule has 0 spiro atoms. The smallest absolute Gasteiger partial charge is 0.107 e. The van der Waals surface area contributed by atoms with Gasteiger partial charge in [-0.3, -0.25) is 0 Å². The van der Waals surface area contributed by atoms with Gasteiger partial charge in [-0.25, -0.2) is 0 Å². The molecule has 6 heteroatoms. The fourth-order valence-corrected chi connectivity index (χ4v) is 1.02. The van der Waals surface area contributed by atoms with Crippen LogP contribution in [0.5, 0.6) is 0 Å². The van der Waals surface area contributed by atoms with Crippen LogP contribution in [0.3, 0.4) is 0 Å². The topological polar surface area (TPSA) is 77.4 Å². The SMILES string of the molecule is OCC#CCOCCOCCOCCOCC#CCO. The summed E-state index contributed by atoms with van der Waals surface area (Å²) in [6.45, 7) is 3.21. The van der Waals surface area contributed by atoms with Gasteiger partial charge >= 0.3 is 0 Å². The fraction of sp³-hybridized carbons (Fsp3) is 0.714. The third-order valence-electron chi connectivity index (χ3n) is 1.87. The van der Waals surface area contributed by atoms with E-state index >= 15 is 0 Å². The van der Waals surface area contributed by atoms with Crippen LogP contribution >= 0.6 is 0 Å². The molecule has 0 aliphatic rings. The Hall–Kier alpha value is -1.12. The monoisotopic (exact) mass is 286 g/mol. The number of aliphatic hydroxyl groups excluding tert-OH is 2. The maximum absolute atomic E-state index is 8.39. The highest BCUT2D eigenvalue weighted by molar-refractivity contribution is 4.98. The molecule has 0 saturated carbocycles. The molecule has 0 aliphatic heterocycles. The van der Waals surface area contributed by atoms with Crippen molar-refractivity contribution >= 4 is 0 Å². The van der Waals surface area contributed by atoms with Crippen LogP contribution in [-0.4, -0.2) is 76.3 Å². The van der Waals surface area contributed by atoms with Gasteiger partial charge in [0, 0.05) is 0 Å². The lowest BCUT2D eigenvalue weighted by Crippen LogP contribution is -2.12. The van der Waals surface area contributed by atoms with Crippen LogP contribution < -0.4 is 0 Å². The molecule has 0 unspecified atom stereocenters. The molecule has 20 heavy (non-hydrogen) atoms. The van der Waals surface area contributed by atoms with Gasteiger partial charge in [0.1, 0.15) is 26.4 Å². The first-order valence-electron chi connectivity index (χ1n) is 6.36. The van der Waals surface area contributed by atoms with E-state index in [1.807, 2.05) is 0 Å². The van der Waals surface area contributed by atoms with Gasteiger partial charge in [0.05, 0.1) is 39.6 Å². The van der Waals surface area contributed by atoms with Gasteiger partial charge < -0.3 is 29.2 Å². The van der Waals surface area contributed by atoms with Crippen LogP contribution in [0, 0.1) is 23.7 Å². The first kappa shape index (κ1) is 18.9. The van der Waals surface area contributed by atoms with Crippen LogP contribution in [0.25, 0.3) is 0 Å². The Morgan fingerprint density at radius 3 is 1.20 bits per heavy atom. The zero-order chi connectivity index (χ0) is 14.7. The molecule has 0 aromatic rings. The van der Waals surface area contributed by atoms with Gasteiger partial charge in [-0.05, 0) is 0 Å². The maximum Gasteiger partial charge on any atom is 0.107 e. The largest absolute Gasteiger partial charge is 0.384 e. The number of rotatable bonds is 11. The van der Waals surface area contributed by atoms with Gasteiger partial charge in [0.15, 0.2) is 0 Å². The maximum atomic E-state index is 8.39. The van der Waals surface area contributed by atoms with Gasteiger partial charge in [0.25, 0.3) is 0 Å². The van der Waals surface area contributed by atoms with Crippen molar-refractivity contribution in [3.63, 3.8) is 0 Å². The van der Waals surface area contributed by atoms with Gasteiger partial charge in [0.2, 0.25) is 0 Å². The highest BCUT2D eigenvalue weighted by Crippen LogP contribution is 1.82. The zero-order valence-corrected chi connectivity index (χ0v) is 11.6. The minimum atomic E-state index is -0.144. The summed E-state index contributed by atoms with van der Waals surface area (Å²) >= 11 is 0. The second kappa shape index (κ2) is 17.9. The minimum Gasteiger partial charge on any atom is -0.384 e. The molecule has 114 valence electrons. The van der Waals surface area contributed by atoms with Crippen molar-refractivity contribution in [1.82, 2.24) is 0 Å². The van der Waals surface area contributed by atoms with E-state index in [1.165, 1.54) is 0 Å². The summed E-state index contributed by atoms with van der Waals surface area (Å²) in [5.41, 5.74) is 0. The van der Waals surface area contributed by atoms with Crippen molar-refractivity contribution in [1.29, 1.82) is 0 Å². The Bertz CT molecular complexity index is 277. The Morgan fingerprint density at radius 2 is 0.850 bits per heavy atom. The fourth-order valence-electron chi connectivity index (χ4n) is 1.02. The van der Waals surface area contributed by atoms with Crippen LogP contribution in [-0.2, 0) is 18.9 Å². The normalized spacial score (nSPS) is 9.50. The standard InChI is InChI=1S/C14H22O6/c15-5-1-3-7-17-9-11-19-13-14-20-12-10-18-8-4-2-6-16/h15-16H,5-14H2. The molecule has 6 nitrogen and oxygen atoms in total. The van der Waals surface area contributed by atoms with Crippen molar-refractivity contribution in [3.05, 3.63) is 0 Å². The molecule has 0 bridgehead atoms. The Balaban J connectivity index is 3.02. The lowest BCUT2D eigenvalue weighted by molar-refractivity contribution is 0.00484. The molecule has 0 amide bonds. The van der Waals surface area contributed by atoms with E-state index in [2.05, 4.69) is 23.7 Å². The lowest BCUT2D eigenvalue weighted by atomic mass is 10.6. The van der Waals surface area contributed by atoms with E-state index in [0.29, 0.717) is 52.9 Å². The molecule has 0 radical (unpaired) electrons. The Morgan fingerprint density at radius 1 is 0.500 bits per heavy atom.